The summed E-state index contributed by atoms with van der Waals surface area (Å²) in [6.45, 7) is 7.16. The molecule has 14 heteroatoms. The first-order chi connectivity index (χ1) is 20.9. The van der Waals surface area contributed by atoms with Gasteiger partial charge in [0.15, 0.2) is 0 Å². The van der Waals surface area contributed by atoms with E-state index in [1.165, 1.54) is 51.4 Å². The van der Waals surface area contributed by atoms with Crippen LogP contribution in [0.4, 0.5) is 0 Å². The van der Waals surface area contributed by atoms with Crippen molar-refractivity contribution >= 4 is 28.2 Å². The van der Waals surface area contributed by atoms with E-state index in [9.17, 15) is 22.8 Å². The lowest BCUT2D eigenvalue weighted by Gasteiger charge is -2.04. The van der Waals surface area contributed by atoms with Gasteiger partial charge in [-0.1, -0.05) is 97.8 Å². The lowest BCUT2D eigenvalue weighted by Crippen LogP contribution is -2.27. The Morgan fingerprint density at radius 2 is 1.00 bits per heavy atom. The third kappa shape index (κ3) is 59.5. The molecule has 0 aromatic carbocycles. The number of aliphatic carboxylic acids is 1. The number of rotatable bonds is 25. The SMILES string of the molecule is CCCCCCCC(=O)NCCO.CCCCCCCC(=O)NCCOS(=O)(=O)O.CCCCCCCC(=O)O.NCCO. The van der Waals surface area contributed by atoms with Crippen molar-refractivity contribution in [3.63, 3.8) is 0 Å². The molecule has 0 heterocycles. The number of nitrogens with one attached hydrogen (secondary N) is 2. The average Bonchev–Trinajstić information content (AvgIpc) is 2.98. The topological polar surface area (TPSA) is 226 Å². The molecule has 0 aliphatic carbocycles. The number of carboxylic acids is 1. The lowest BCUT2D eigenvalue weighted by molar-refractivity contribution is -0.137. The molecular formula is C30H65N3O10S. The fourth-order valence-corrected chi connectivity index (χ4v) is 3.66. The van der Waals surface area contributed by atoms with E-state index < -0.39 is 16.4 Å². The Balaban J connectivity index is -0.000000264. The van der Waals surface area contributed by atoms with Gasteiger partial charge < -0.3 is 31.7 Å². The van der Waals surface area contributed by atoms with E-state index in [0.717, 1.165) is 44.9 Å². The van der Waals surface area contributed by atoms with Crippen molar-refractivity contribution < 1.29 is 46.9 Å². The van der Waals surface area contributed by atoms with E-state index in [2.05, 4.69) is 35.6 Å². The number of carbonyl (C=O) groups excluding carboxylic acids is 2. The van der Waals surface area contributed by atoms with Crippen molar-refractivity contribution in [1.29, 1.82) is 0 Å². The monoisotopic (exact) mass is 659 g/mol. The summed E-state index contributed by atoms with van der Waals surface area (Å²) >= 11 is 0. The van der Waals surface area contributed by atoms with E-state index in [0.29, 0.717) is 32.4 Å². The number of carbonyl (C=O) groups is 3. The Bertz CT molecular complexity index is 724. The van der Waals surface area contributed by atoms with Crippen molar-refractivity contribution in [3.05, 3.63) is 0 Å². The van der Waals surface area contributed by atoms with Gasteiger partial charge in [-0.3, -0.25) is 18.9 Å². The first kappa shape index (κ1) is 49.0. The molecule has 0 rings (SSSR count). The average molecular weight is 660 g/mol. The highest BCUT2D eigenvalue weighted by Crippen LogP contribution is 2.06. The fourth-order valence-electron chi connectivity index (χ4n) is 3.37. The van der Waals surface area contributed by atoms with Gasteiger partial charge in [-0.25, -0.2) is 4.18 Å². The Morgan fingerprint density at radius 1 is 0.636 bits per heavy atom. The molecule has 44 heavy (non-hydrogen) atoms. The highest BCUT2D eigenvalue weighted by atomic mass is 32.3. The van der Waals surface area contributed by atoms with Crippen LogP contribution in [0.15, 0.2) is 0 Å². The third-order valence-corrected chi connectivity index (χ3v) is 6.19. The van der Waals surface area contributed by atoms with Crippen LogP contribution in [-0.2, 0) is 29.0 Å². The molecule has 0 aromatic heterocycles. The van der Waals surface area contributed by atoms with Crippen LogP contribution in [0.3, 0.4) is 0 Å². The summed E-state index contributed by atoms with van der Waals surface area (Å²) in [7, 11) is -4.40. The Kier molecular flexibility index (Phi) is 45.9. The van der Waals surface area contributed by atoms with Crippen LogP contribution in [0.2, 0.25) is 0 Å². The summed E-state index contributed by atoms with van der Waals surface area (Å²) in [5.41, 5.74) is 4.78. The van der Waals surface area contributed by atoms with Crippen LogP contribution in [-0.4, -0.2) is 85.5 Å². The number of aliphatic hydroxyl groups excluding tert-OH is 2. The van der Waals surface area contributed by atoms with Gasteiger partial charge in [0.05, 0.1) is 19.8 Å². The summed E-state index contributed by atoms with van der Waals surface area (Å²) in [6, 6.07) is 0. The van der Waals surface area contributed by atoms with Gasteiger partial charge in [-0.15, -0.1) is 0 Å². The highest BCUT2D eigenvalue weighted by molar-refractivity contribution is 7.80. The molecule has 0 aliphatic rings. The van der Waals surface area contributed by atoms with Gasteiger partial charge in [0.1, 0.15) is 0 Å². The van der Waals surface area contributed by atoms with Crippen LogP contribution < -0.4 is 16.4 Å². The number of hydrogen-bond donors (Lipinski definition) is 7. The van der Waals surface area contributed by atoms with E-state index in [-0.39, 0.29) is 38.2 Å². The van der Waals surface area contributed by atoms with Crippen LogP contribution in [0, 0.1) is 0 Å². The summed E-state index contributed by atoms with van der Waals surface area (Å²) in [5, 5.41) is 29.6. The Labute approximate surface area is 267 Å². The number of unbranched alkanes of at least 4 members (excludes halogenated alkanes) is 12. The summed E-state index contributed by atoms with van der Waals surface area (Å²) in [6.07, 6.45) is 18.1. The molecule has 2 amide bonds. The molecule has 0 unspecified atom stereocenters. The van der Waals surface area contributed by atoms with Gasteiger partial charge in [0.25, 0.3) is 0 Å². The minimum absolute atomic E-state index is 0.0293. The number of hydrogen-bond acceptors (Lipinski definition) is 9. The number of aliphatic hydroxyl groups is 2. The molecule has 0 bridgehead atoms. The second kappa shape index (κ2) is 41.2. The molecule has 266 valence electrons. The summed E-state index contributed by atoms with van der Waals surface area (Å²) < 4.78 is 32.6. The van der Waals surface area contributed by atoms with E-state index in [1.807, 2.05) is 0 Å². The van der Waals surface area contributed by atoms with Crippen LogP contribution in [0.25, 0.3) is 0 Å². The largest absolute Gasteiger partial charge is 0.481 e. The highest BCUT2D eigenvalue weighted by Gasteiger charge is 2.05. The smallest absolute Gasteiger partial charge is 0.397 e. The molecule has 8 N–H and O–H groups in total. The predicted molar refractivity (Wildman–Crippen MR) is 175 cm³/mol. The molecule has 0 aliphatic heterocycles. The van der Waals surface area contributed by atoms with Gasteiger partial charge in [0, 0.05) is 38.9 Å². The molecule has 0 atom stereocenters. The second-order valence-corrected chi connectivity index (χ2v) is 11.2. The second-order valence-electron chi connectivity index (χ2n) is 10.1. The van der Waals surface area contributed by atoms with E-state index in [1.54, 1.807) is 0 Å². The molecule has 0 saturated heterocycles. The zero-order valence-electron chi connectivity index (χ0n) is 27.7. The van der Waals surface area contributed by atoms with Crippen molar-refractivity contribution in [1.82, 2.24) is 10.6 Å². The first-order valence-electron chi connectivity index (χ1n) is 16.2. The van der Waals surface area contributed by atoms with Gasteiger partial charge >= 0.3 is 16.4 Å². The summed E-state index contributed by atoms with van der Waals surface area (Å²) in [5.74, 6) is -0.734. The molecule has 0 spiro atoms. The van der Waals surface area contributed by atoms with Crippen molar-refractivity contribution in [2.75, 3.05) is 39.5 Å². The minimum Gasteiger partial charge on any atom is -0.481 e. The molecule has 0 aromatic rings. The quantitative estimate of drug-likeness (QED) is 0.0545. The Hall–Kier alpha value is -1.84. The van der Waals surface area contributed by atoms with Crippen molar-refractivity contribution in [2.24, 2.45) is 5.73 Å². The van der Waals surface area contributed by atoms with E-state index >= 15 is 0 Å². The van der Waals surface area contributed by atoms with Gasteiger partial charge in [-0.2, -0.15) is 8.42 Å². The van der Waals surface area contributed by atoms with Gasteiger partial charge in [-0.05, 0) is 19.3 Å². The first-order valence-corrected chi connectivity index (χ1v) is 17.6. The molecule has 0 saturated carbocycles. The van der Waals surface area contributed by atoms with Crippen LogP contribution in [0.1, 0.15) is 136 Å². The minimum atomic E-state index is -4.40. The normalized spacial score (nSPS) is 10.2. The van der Waals surface area contributed by atoms with E-state index in [4.69, 9.17) is 25.6 Å². The zero-order chi connectivity index (χ0) is 34.3. The maximum atomic E-state index is 11.2. The van der Waals surface area contributed by atoms with Crippen LogP contribution in [0.5, 0.6) is 0 Å². The standard InChI is InChI=1S/C10H21NO5S.C10H21NO2.C8H16O2.C2H7NO/c1-2-3-4-5-6-7-10(12)11-8-9-16-17(13,14)15;1-2-3-4-5-6-7-10(13)11-8-9-12;1-2-3-4-5-6-7-8(9)10;3-1-2-4/h2-9H2,1H3,(H,11,12)(H,13,14,15);12H,2-9H2,1H3,(H,11,13);2-7H2,1H3,(H,9,10);4H,1-3H2. The molecule has 0 radical (unpaired) electrons. The lowest BCUT2D eigenvalue weighted by atomic mass is 10.1. The number of nitrogens with two attached hydrogens (primary N) is 1. The predicted octanol–water partition coefficient (Wildman–Crippen LogP) is 4.11. The Morgan fingerprint density at radius 3 is 1.32 bits per heavy atom. The molecule has 0 fully saturated rings. The summed E-state index contributed by atoms with van der Waals surface area (Å²) in [4.78, 5) is 32.3. The van der Waals surface area contributed by atoms with Gasteiger partial charge in [0.2, 0.25) is 11.8 Å². The van der Waals surface area contributed by atoms with Crippen molar-refractivity contribution in [3.8, 4) is 0 Å². The third-order valence-electron chi connectivity index (χ3n) is 5.73. The zero-order valence-corrected chi connectivity index (χ0v) is 28.5. The molecular weight excluding hydrogens is 594 g/mol. The maximum absolute atomic E-state index is 11.2. The van der Waals surface area contributed by atoms with Crippen LogP contribution >= 0.6 is 0 Å². The number of amides is 2. The fraction of sp³-hybridized carbons (Fsp3) is 0.900. The number of carboxylic acid groups (broad SMARTS) is 1. The van der Waals surface area contributed by atoms with Crippen molar-refractivity contribution in [2.45, 2.75) is 136 Å². The maximum Gasteiger partial charge on any atom is 0.397 e. The molecule has 13 nitrogen and oxygen atoms in total.